The maximum Gasteiger partial charge on any atom is 0.253 e. The molecule has 0 radical (unpaired) electrons. The summed E-state index contributed by atoms with van der Waals surface area (Å²) in [5, 5.41) is 20.0. The Kier molecular flexibility index (Phi) is 5.79. The lowest BCUT2D eigenvalue weighted by molar-refractivity contribution is -0.154. The van der Waals surface area contributed by atoms with Gasteiger partial charge in [0.15, 0.2) is 0 Å². The third kappa shape index (κ3) is 3.60. The van der Waals surface area contributed by atoms with E-state index in [1.807, 2.05) is 42.5 Å². The molecule has 2 fully saturated rings. The van der Waals surface area contributed by atoms with Crippen molar-refractivity contribution in [1.29, 1.82) is 5.26 Å². The smallest absolute Gasteiger partial charge is 0.253 e. The molecule has 31 heavy (non-hydrogen) atoms. The Labute approximate surface area is 182 Å². The first-order valence-corrected chi connectivity index (χ1v) is 10.7. The Morgan fingerprint density at radius 3 is 2.52 bits per heavy atom. The molecule has 2 aromatic rings. The molecule has 0 spiro atoms. The van der Waals surface area contributed by atoms with Crippen molar-refractivity contribution >= 4 is 11.8 Å². The maximum absolute atomic E-state index is 12.9. The van der Waals surface area contributed by atoms with Crippen molar-refractivity contribution in [2.24, 2.45) is 5.92 Å². The molecule has 0 bridgehead atoms. The fourth-order valence-corrected chi connectivity index (χ4v) is 4.68. The quantitative estimate of drug-likeness (QED) is 0.810. The highest BCUT2D eigenvalue weighted by Crippen LogP contribution is 2.46. The van der Waals surface area contributed by atoms with Crippen molar-refractivity contribution in [2.45, 2.75) is 37.3 Å². The zero-order chi connectivity index (χ0) is 22.1. The average molecular weight is 418 g/mol. The monoisotopic (exact) mass is 417 g/mol. The topological polar surface area (TPSA) is 84.6 Å². The van der Waals surface area contributed by atoms with E-state index in [-0.39, 0.29) is 30.3 Å². The lowest BCUT2D eigenvalue weighted by Crippen LogP contribution is -2.66. The molecule has 4 rings (SSSR count). The minimum absolute atomic E-state index is 0.0100. The van der Waals surface area contributed by atoms with Crippen molar-refractivity contribution < 1.29 is 14.7 Å². The molecular weight excluding hydrogens is 390 g/mol. The molecule has 2 aliphatic rings. The predicted octanol–water partition coefficient (Wildman–Crippen LogP) is 3.03. The molecule has 1 saturated heterocycles. The summed E-state index contributed by atoms with van der Waals surface area (Å²) in [6.45, 7) is -0.186. The first-order valence-electron chi connectivity index (χ1n) is 10.7. The summed E-state index contributed by atoms with van der Waals surface area (Å²) in [6.07, 6.45) is 2.76. The number of carbonyl (C=O) groups excluding carboxylic acids is 2. The van der Waals surface area contributed by atoms with Crippen LogP contribution in [0.3, 0.4) is 0 Å². The van der Waals surface area contributed by atoms with Crippen LogP contribution >= 0.6 is 0 Å². The molecule has 0 unspecified atom stereocenters. The Morgan fingerprint density at radius 1 is 1.16 bits per heavy atom. The van der Waals surface area contributed by atoms with Crippen LogP contribution in [0.2, 0.25) is 0 Å². The van der Waals surface area contributed by atoms with Gasteiger partial charge in [-0.15, -0.1) is 0 Å². The number of hydrogen-bond acceptors (Lipinski definition) is 4. The summed E-state index contributed by atoms with van der Waals surface area (Å²) >= 11 is 0. The number of hydrogen-bond donors (Lipinski definition) is 1. The molecular formula is C25H27N3O3. The number of amides is 2. The second-order valence-corrected chi connectivity index (χ2v) is 8.59. The third-order valence-electron chi connectivity index (χ3n) is 6.59. The highest BCUT2D eigenvalue weighted by atomic mass is 16.3. The lowest BCUT2D eigenvalue weighted by atomic mass is 9.71. The molecule has 1 aliphatic carbocycles. The average Bonchev–Trinajstić information content (AvgIpc) is 2.72. The van der Waals surface area contributed by atoms with Crippen molar-refractivity contribution in [3.63, 3.8) is 0 Å². The molecule has 1 N–H and O–H groups in total. The zero-order valence-corrected chi connectivity index (χ0v) is 17.9. The van der Waals surface area contributed by atoms with E-state index in [9.17, 15) is 20.0 Å². The third-order valence-corrected chi connectivity index (χ3v) is 6.59. The molecule has 6 heteroatoms. The van der Waals surface area contributed by atoms with Gasteiger partial charge in [0, 0.05) is 31.5 Å². The number of aliphatic hydroxyl groups excluding tert-OH is 1. The Balaban J connectivity index is 1.70. The van der Waals surface area contributed by atoms with Gasteiger partial charge in [-0.25, -0.2) is 0 Å². The lowest BCUT2D eigenvalue weighted by Gasteiger charge is -2.53. The summed E-state index contributed by atoms with van der Waals surface area (Å²) in [4.78, 5) is 28.4. The molecule has 0 aromatic heterocycles. The summed E-state index contributed by atoms with van der Waals surface area (Å²) in [5.74, 6) is -0.384. The van der Waals surface area contributed by atoms with Gasteiger partial charge in [0.25, 0.3) is 5.91 Å². The van der Waals surface area contributed by atoms with E-state index < -0.39 is 12.1 Å². The Morgan fingerprint density at radius 2 is 1.90 bits per heavy atom. The van der Waals surface area contributed by atoms with Gasteiger partial charge in [-0.2, -0.15) is 5.26 Å². The molecule has 2 aromatic carbocycles. The number of carbonyl (C=O) groups is 2. The predicted molar refractivity (Wildman–Crippen MR) is 117 cm³/mol. The van der Waals surface area contributed by atoms with Crippen LogP contribution in [0.1, 0.15) is 41.1 Å². The SMILES string of the molecule is CN(C)C(=O)c1cccc(-c2ccccc2[C@H]2[C@@H](CO)N(C(=O)C3CCC3)[C@H]2C#N)c1. The minimum Gasteiger partial charge on any atom is -0.394 e. The van der Waals surface area contributed by atoms with Gasteiger partial charge in [-0.1, -0.05) is 42.8 Å². The second kappa shape index (κ2) is 8.52. The molecule has 1 aliphatic heterocycles. The van der Waals surface area contributed by atoms with Crippen LogP contribution in [0.5, 0.6) is 0 Å². The van der Waals surface area contributed by atoms with Crippen LogP contribution in [-0.2, 0) is 4.79 Å². The fraction of sp³-hybridized carbons (Fsp3) is 0.400. The van der Waals surface area contributed by atoms with Crippen molar-refractivity contribution in [3.8, 4) is 17.2 Å². The van der Waals surface area contributed by atoms with Crippen LogP contribution in [-0.4, -0.2) is 59.5 Å². The number of nitrogens with zero attached hydrogens (tertiary/aromatic N) is 3. The first kappa shape index (κ1) is 21.1. The van der Waals surface area contributed by atoms with Crippen molar-refractivity contribution in [3.05, 3.63) is 59.7 Å². The Hall–Kier alpha value is -3.17. The highest BCUT2D eigenvalue weighted by Gasteiger charge is 2.53. The highest BCUT2D eigenvalue weighted by molar-refractivity contribution is 5.95. The van der Waals surface area contributed by atoms with Gasteiger partial charge >= 0.3 is 0 Å². The van der Waals surface area contributed by atoms with Crippen LogP contribution in [0.15, 0.2) is 48.5 Å². The van der Waals surface area contributed by atoms with E-state index in [2.05, 4.69) is 6.07 Å². The van der Waals surface area contributed by atoms with Crippen molar-refractivity contribution in [1.82, 2.24) is 9.80 Å². The number of nitriles is 1. The number of rotatable bonds is 5. The van der Waals surface area contributed by atoms with E-state index in [1.54, 1.807) is 25.1 Å². The zero-order valence-electron chi connectivity index (χ0n) is 17.9. The van der Waals surface area contributed by atoms with Gasteiger partial charge in [-0.05, 0) is 41.7 Å². The van der Waals surface area contributed by atoms with Crippen LogP contribution in [0.25, 0.3) is 11.1 Å². The number of likely N-dealkylation sites (tertiary alicyclic amines) is 1. The maximum atomic E-state index is 12.9. The number of benzene rings is 2. The summed E-state index contributed by atoms with van der Waals surface area (Å²) < 4.78 is 0. The molecule has 1 saturated carbocycles. The van der Waals surface area contributed by atoms with Crippen LogP contribution in [0, 0.1) is 17.2 Å². The first-order chi connectivity index (χ1) is 15.0. The van der Waals surface area contributed by atoms with E-state index in [0.717, 1.165) is 36.0 Å². The second-order valence-electron chi connectivity index (χ2n) is 8.59. The van der Waals surface area contributed by atoms with E-state index >= 15 is 0 Å². The molecule has 1 heterocycles. The molecule has 2 amide bonds. The van der Waals surface area contributed by atoms with Gasteiger partial charge < -0.3 is 14.9 Å². The number of aliphatic hydroxyl groups is 1. The standard InChI is InChI=1S/C25H27N3O3/c1-27(2)24(30)18-10-6-9-17(13-18)19-11-3-4-12-20(19)23-21(14-26)28(22(23)15-29)25(31)16-7-5-8-16/h3-4,6,9-13,16,21-23,29H,5,7-8,15H2,1-2H3/t21-,22+,23+/m0/s1. The van der Waals surface area contributed by atoms with Gasteiger partial charge in [0.2, 0.25) is 5.91 Å². The fourth-order valence-electron chi connectivity index (χ4n) is 4.68. The van der Waals surface area contributed by atoms with E-state index in [0.29, 0.717) is 5.56 Å². The van der Waals surface area contributed by atoms with Crippen LogP contribution < -0.4 is 0 Å². The van der Waals surface area contributed by atoms with E-state index in [1.165, 1.54) is 4.90 Å². The van der Waals surface area contributed by atoms with Crippen molar-refractivity contribution in [2.75, 3.05) is 20.7 Å². The molecule has 6 nitrogen and oxygen atoms in total. The van der Waals surface area contributed by atoms with Crippen LogP contribution in [0.4, 0.5) is 0 Å². The van der Waals surface area contributed by atoms with Gasteiger partial charge in [0.1, 0.15) is 6.04 Å². The summed E-state index contributed by atoms with van der Waals surface area (Å²) in [6, 6.07) is 16.5. The normalized spacial score (nSPS) is 22.8. The molecule has 160 valence electrons. The van der Waals surface area contributed by atoms with Gasteiger partial charge in [-0.3, -0.25) is 9.59 Å². The Bertz CT molecular complexity index is 1040. The van der Waals surface area contributed by atoms with E-state index in [4.69, 9.17) is 0 Å². The molecule has 3 atom stereocenters. The summed E-state index contributed by atoms with van der Waals surface area (Å²) in [7, 11) is 3.43. The minimum atomic E-state index is -0.599. The summed E-state index contributed by atoms with van der Waals surface area (Å²) in [5.41, 5.74) is 3.29. The largest absolute Gasteiger partial charge is 0.394 e. The van der Waals surface area contributed by atoms with Gasteiger partial charge in [0.05, 0.1) is 18.7 Å².